The van der Waals surface area contributed by atoms with Gasteiger partial charge in [-0.3, -0.25) is 4.79 Å². The Morgan fingerprint density at radius 1 is 1.06 bits per heavy atom. The summed E-state index contributed by atoms with van der Waals surface area (Å²) in [6.45, 7) is 14.9. The summed E-state index contributed by atoms with van der Waals surface area (Å²) in [4.78, 5) is 22.9. The Hall–Kier alpha value is 0.0143. The smallest absolute Gasteiger partial charge is 0.145 e. The van der Waals surface area contributed by atoms with E-state index in [-0.39, 0.29) is 39.7 Å². The number of carbonyl (C=O) groups is 2. The number of Topliss-reactive ketones (excluding diaryl/α,β-unsaturated/α-hetero) is 2. The summed E-state index contributed by atoms with van der Waals surface area (Å²) in [5.41, 5.74) is -1.08. The van der Waals surface area contributed by atoms with Crippen LogP contribution in [-0.2, 0) is 31.3 Å². The summed E-state index contributed by atoms with van der Waals surface area (Å²) in [6.07, 6.45) is 0.875. The van der Waals surface area contributed by atoms with Crippen molar-refractivity contribution in [2.24, 2.45) is 10.8 Å². The molecule has 0 unspecified atom stereocenters. The molecule has 0 saturated heterocycles. The minimum atomic E-state index is -0.652. The zero-order valence-corrected chi connectivity index (χ0v) is 14.2. The molecule has 0 heterocycles. The molecule has 0 rings (SSSR count). The molecule has 0 aromatic rings. The van der Waals surface area contributed by atoms with E-state index in [1.54, 1.807) is 13.8 Å². The van der Waals surface area contributed by atoms with Crippen molar-refractivity contribution in [1.82, 2.24) is 0 Å². The van der Waals surface area contributed by atoms with Crippen LogP contribution in [0.25, 0.3) is 0 Å². The van der Waals surface area contributed by atoms with Gasteiger partial charge in [0, 0.05) is 33.7 Å². The minimum absolute atomic E-state index is 0. The monoisotopic (exact) mass is 291 g/mol. The van der Waals surface area contributed by atoms with E-state index in [2.05, 4.69) is 6.92 Å². The van der Waals surface area contributed by atoms with Crippen LogP contribution in [0.15, 0.2) is 0 Å². The zero-order chi connectivity index (χ0) is 14.3. The molecule has 0 aliphatic rings. The van der Waals surface area contributed by atoms with Gasteiger partial charge in [-0.05, 0) is 6.42 Å². The third-order valence-corrected chi connectivity index (χ3v) is 2.14. The molecular formula is C14H27O3Ti-. The second-order valence-electron chi connectivity index (χ2n) is 5.88. The first kappa shape index (κ1) is 23.1. The fourth-order valence-corrected chi connectivity index (χ4v) is 0.650. The van der Waals surface area contributed by atoms with E-state index in [9.17, 15) is 9.59 Å². The van der Waals surface area contributed by atoms with Crippen molar-refractivity contribution in [3.05, 3.63) is 6.92 Å². The molecule has 0 aromatic heterocycles. The van der Waals surface area contributed by atoms with E-state index in [0.29, 0.717) is 6.61 Å². The number of ketones is 2. The Kier molecular flexibility index (Phi) is 12.7. The predicted octanol–water partition coefficient (Wildman–Crippen LogP) is 2.81. The Bertz CT molecular complexity index is 221. The van der Waals surface area contributed by atoms with Crippen LogP contribution in [0.2, 0.25) is 0 Å². The van der Waals surface area contributed by atoms with Gasteiger partial charge in [-0.15, -0.1) is 5.41 Å². The topological polar surface area (TPSA) is 54.4 Å². The molecule has 18 heavy (non-hydrogen) atoms. The Balaban J connectivity index is -0.000000392. The van der Waals surface area contributed by atoms with Crippen molar-refractivity contribution < 1.29 is 36.4 Å². The van der Waals surface area contributed by atoms with Crippen LogP contribution in [-0.4, -0.2) is 23.3 Å². The van der Waals surface area contributed by atoms with E-state index >= 15 is 0 Å². The SMILES string of the molecule is CCCO.[CH2-]C(C)(C)C(=O)CC(=O)C(C)(C)C.[Ti]. The second-order valence-corrected chi connectivity index (χ2v) is 5.88. The van der Waals surface area contributed by atoms with Crippen molar-refractivity contribution in [3.8, 4) is 0 Å². The molecule has 0 amide bonds. The average molecular weight is 291 g/mol. The molecule has 0 bridgehead atoms. The molecule has 1 N–H and O–H groups in total. The summed E-state index contributed by atoms with van der Waals surface area (Å²) in [5, 5.41) is 7.88. The second kappa shape index (κ2) is 9.88. The van der Waals surface area contributed by atoms with Crippen LogP contribution < -0.4 is 0 Å². The van der Waals surface area contributed by atoms with Crippen LogP contribution >= 0.6 is 0 Å². The molecule has 0 fully saturated rings. The Morgan fingerprint density at radius 3 is 1.56 bits per heavy atom. The normalized spacial score (nSPS) is 10.9. The predicted molar refractivity (Wildman–Crippen MR) is 70.6 cm³/mol. The maximum absolute atomic E-state index is 11.5. The van der Waals surface area contributed by atoms with Gasteiger partial charge in [0.1, 0.15) is 11.6 Å². The van der Waals surface area contributed by atoms with Gasteiger partial charge in [0.25, 0.3) is 0 Å². The molecule has 0 aliphatic carbocycles. The van der Waals surface area contributed by atoms with E-state index in [4.69, 9.17) is 5.11 Å². The van der Waals surface area contributed by atoms with Gasteiger partial charge in [-0.1, -0.05) is 41.5 Å². The third kappa shape index (κ3) is 12.5. The number of carbonyl (C=O) groups excluding carboxylic acids is 2. The standard InChI is InChI=1S/C11H19O2.C3H8O.Ti/c1-10(2,3)8(12)7-9(13)11(4,5)6;1-2-3-4;/h1,7H2,2-6H3;4H,2-3H2,1H3;/q-1;;. The van der Waals surface area contributed by atoms with Crippen LogP contribution in [0, 0.1) is 17.8 Å². The summed E-state index contributed by atoms with van der Waals surface area (Å²) in [5.74, 6) is -0.110. The average Bonchev–Trinajstić information content (AvgIpc) is 2.15. The summed E-state index contributed by atoms with van der Waals surface area (Å²) in [7, 11) is 0. The number of aliphatic hydroxyl groups excluding tert-OH is 1. The van der Waals surface area contributed by atoms with Crippen molar-refractivity contribution in [2.75, 3.05) is 6.61 Å². The van der Waals surface area contributed by atoms with Crippen molar-refractivity contribution in [2.45, 2.75) is 54.4 Å². The molecule has 0 radical (unpaired) electrons. The van der Waals surface area contributed by atoms with Crippen LogP contribution in [0.4, 0.5) is 0 Å². The van der Waals surface area contributed by atoms with Gasteiger partial charge >= 0.3 is 0 Å². The number of aliphatic hydroxyl groups is 1. The van der Waals surface area contributed by atoms with Gasteiger partial charge in [0.2, 0.25) is 0 Å². The van der Waals surface area contributed by atoms with Crippen molar-refractivity contribution >= 4 is 11.6 Å². The maximum Gasteiger partial charge on any atom is 0.145 e. The summed E-state index contributed by atoms with van der Waals surface area (Å²) >= 11 is 0. The van der Waals surface area contributed by atoms with Gasteiger partial charge in [0.15, 0.2) is 0 Å². The minimum Gasteiger partial charge on any atom is -0.396 e. The molecule has 0 atom stereocenters. The fourth-order valence-electron chi connectivity index (χ4n) is 0.650. The van der Waals surface area contributed by atoms with Gasteiger partial charge in [0.05, 0.1) is 6.42 Å². The number of rotatable bonds is 4. The first-order chi connectivity index (χ1) is 7.46. The molecule has 106 valence electrons. The maximum atomic E-state index is 11.5. The molecule has 4 heteroatoms. The van der Waals surface area contributed by atoms with Crippen LogP contribution in [0.3, 0.4) is 0 Å². The summed E-state index contributed by atoms with van der Waals surface area (Å²) in [6, 6.07) is 0. The number of hydrogen-bond donors (Lipinski definition) is 1. The molecular weight excluding hydrogens is 264 g/mol. The number of hydrogen-bond acceptors (Lipinski definition) is 3. The largest absolute Gasteiger partial charge is 0.396 e. The molecule has 3 nitrogen and oxygen atoms in total. The van der Waals surface area contributed by atoms with E-state index in [1.165, 1.54) is 0 Å². The van der Waals surface area contributed by atoms with Gasteiger partial charge in [-0.25, -0.2) is 0 Å². The Morgan fingerprint density at radius 2 is 1.39 bits per heavy atom. The zero-order valence-electron chi connectivity index (χ0n) is 12.6. The quantitative estimate of drug-likeness (QED) is 0.492. The van der Waals surface area contributed by atoms with Crippen molar-refractivity contribution in [3.63, 3.8) is 0 Å². The molecule has 0 spiro atoms. The first-order valence-electron chi connectivity index (χ1n) is 5.99. The Labute approximate surface area is 127 Å². The van der Waals surface area contributed by atoms with Crippen molar-refractivity contribution in [1.29, 1.82) is 0 Å². The van der Waals surface area contributed by atoms with E-state index < -0.39 is 10.8 Å². The fraction of sp³-hybridized carbons (Fsp3) is 0.786. The molecule has 0 aliphatic heterocycles. The van der Waals surface area contributed by atoms with E-state index in [1.807, 2.05) is 27.7 Å². The van der Waals surface area contributed by atoms with Crippen LogP contribution in [0.1, 0.15) is 54.4 Å². The van der Waals surface area contributed by atoms with Crippen LogP contribution in [0.5, 0.6) is 0 Å². The molecule has 0 saturated carbocycles. The third-order valence-electron chi connectivity index (χ3n) is 2.14. The summed E-state index contributed by atoms with van der Waals surface area (Å²) < 4.78 is 0. The van der Waals surface area contributed by atoms with Gasteiger partial charge in [-0.2, -0.15) is 0 Å². The van der Waals surface area contributed by atoms with E-state index in [0.717, 1.165) is 6.42 Å². The first-order valence-corrected chi connectivity index (χ1v) is 5.99. The molecule has 0 aromatic carbocycles. The van der Waals surface area contributed by atoms with Gasteiger partial charge < -0.3 is 16.8 Å².